The van der Waals surface area contributed by atoms with E-state index in [2.05, 4.69) is 15.9 Å². The minimum absolute atomic E-state index is 0.213. The lowest BCUT2D eigenvalue weighted by atomic mass is 10.2. The summed E-state index contributed by atoms with van der Waals surface area (Å²) in [5.41, 5.74) is 1.12. The molecule has 1 amide bonds. The van der Waals surface area contributed by atoms with E-state index in [1.807, 2.05) is 28.7 Å². The van der Waals surface area contributed by atoms with Gasteiger partial charge in [-0.05, 0) is 29.3 Å². The van der Waals surface area contributed by atoms with E-state index in [-0.39, 0.29) is 5.91 Å². The molecular formula is C10H14BrNOS. The SMILES string of the molecule is CCN(CCBr)C(=O)Cc1ccsc1. The number of halogens is 1. The van der Waals surface area contributed by atoms with Crippen molar-refractivity contribution in [1.82, 2.24) is 4.90 Å². The van der Waals surface area contributed by atoms with Crippen LogP contribution in [-0.2, 0) is 11.2 Å². The van der Waals surface area contributed by atoms with E-state index in [0.717, 1.165) is 24.0 Å². The minimum atomic E-state index is 0.213. The van der Waals surface area contributed by atoms with Gasteiger partial charge in [0.2, 0.25) is 5.91 Å². The maximum absolute atomic E-state index is 11.7. The zero-order valence-corrected chi connectivity index (χ0v) is 10.6. The van der Waals surface area contributed by atoms with Crippen LogP contribution in [0.4, 0.5) is 0 Å². The predicted octanol–water partition coefficient (Wildman–Crippen LogP) is 2.53. The molecule has 2 nitrogen and oxygen atoms in total. The zero-order valence-electron chi connectivity index (χ0n) is 8.20. The Morgan fingerprint density at radius 2 is 2.43 bits per heavy atom. The summed E-state index contributed by atoms with van der Waals surface area (Å²) in [4.78, 5) is 13.6. The number of nitrogens with zero attached hydrogens (tertiary/aromatic N) is 1. The fourth-order valence-corrected chi connectivity index (χ4v) is 2.34. The lowest BCUT2D eigenvalue weighted by Gasteiger charge is -2.19. The van der Waals surface area contributed by atoms with Crippen molar-refractivity contribution in [2.45, 2.75) is 13.3 Å². The van der Waals surface area contributed by atoms with Gasteiger partial charge in [0.25, 0.3) is 0 Å². The quantitative estimate of drug-likeness (QED) is 0.757. The number of alkyl halides is 1. The smallest absolute Gasteiger partial charge is 0.227 e. The number of carbonyl (C=O) groups excluding carboxylic acids is 1. The van der Waals surface area contributed by atoms with Gasteiger partial charge in [-0.15, -0.1) is 0 Å². The van der Waals surface area contributed by atoms with Crippen molar-refractivity contribution in [3.8, 4) is 0 Å². The molecule has 0 spiro atoms. The molecular weight excluding hydrogens is 262 g/mol. The van der Waals surface area contributed by atoms with Gasteiger partial charge >= 0.3 is 0 Å². The van der Waals surface area contributed by atoms with Crippen LogP contribution >= 0.6 is 27.3 Å². The number of amides is 1. The Bertz CT molecular complexity index is 274. The summed E-state index contributed by atoms with van der Waals surface area (Å²) in [6, 6.07) is 2.00. The Hall–Kier alpha value is -0.350. The van der Waals surface area contributed by atoms with Crippen molar-refractivity contribution < 1.29 is 4.79 Å². The first-order chi connectivity index (χ1) is 6.77. The molecule has 0 aliphatic rings. The van der Waals surface area contributed by atoms with Crippen molar-refractivity contribution >= 4 is 33.2 Å². The van der Waals surface area contributed by atoms with Gasteiger partial charge in [0, 0.05) is 18.4 Å². The van der Waals surface area contributed by atoms with Crippen molar-refractivity contribution in [3.63, 3.8) is 0 Å². The molecule has 1 heterocycles. The molecule has 0 atom stereocenters. The van der Waals surface area contributed by atoms with Crippen LogP contribution in [0.25, 0.3) is 0 Å². The molecule has 1 aromatic rings. The molecule has 0 bridgehead atoms. The maximum Gasteiger partial charge on any atom is 0.227 e. The Balaban J connectivity index is 2.47. The third kappa shape index (κ3) is 3.42. The van der Waals surface area contributed by atoms with Gasteiger partial charge in [-0.1, -0.05) is 15.9 Å². The summed E-state index contributed by atoms with van der Waals surface area (Å²) < 4.78 is 0. The molecule has 14 heavy (non-hydrogen) atoms. The van der Waals surface area contributed by atoms with E-state index < -0.39 is 0 Å². The summed E-state index contributed by atoms with van der Waals surface area (Å²) >= 11 is 4.98. The minimum Gasteiger partial charge on any atom is -0.342 e. The standard InChI is InChI=1S/C10H14BrNOS/c1-2-12(5-4-11)10(13)7-9-3-6-14-8-9/h3,6,8H,2,4-5,7H2,1H3. The average Bonchev–Trinajstić information content (AvgIpc) is 2.66. The summed E-state index contributed by atoms with van der Waals surface area (Å²) in [5, 5.41) is 4.87. The molecule has 0 saturated heterocycles. The molecule has 0 aliphatic heterocycles. The van der Waals surface area contributed by atoms with Gasteiger partial charge in [0.05, 0.1) is 6.42 Å². The molecule has 0 aromatic carbocycles. The number of thiophene rings is 1. The number of likely N-dealkylation sites (N-methyl/N-ethyl adjacent to an activating group) is 1. The second-order valence-corrected chi connectivity index (χ2v) is 4.54. The Kier molecular flexibility index (Phi) is 5.19. The van der Waals surface area contributed by atoms with E-state index in [9.17, 15) is 4.79 Å². The van der Waals surface area contributed by atoms with Crippen molar-refractivity contribution in [3.05, 3.63) is 22.4 Å². The molecule has 0 saturated carbocycles. The number of hydrogen-bond acceptors (Lipinski definition) is 2. The lowest BCUT2D eigenvalue weighted by Crippen LogP contribution is -2.33. The highest BCUT2D eigenvalue weighted by Crippen LogP contribution is 2.08. The van der Waals surface area contributed by atoms with Crippen LogP contribution in [0.15, 0.2) is 16.8 Å². The molecule has 0 aliphatic carbocycles. The summed E-state index contributed by atoms with van der Waals surface area (Å²) in [7, 11) is 0. The van der Waals surface area contributed by atoms with E-state index in [4.69, 9.17) is 0 Å². The van der Waals surface area contributed by atoms with Gasteiger partial charge < -0.3 is 4.90 Å². The predicted molar refractivity (Wildman–Crippen MR) is 64.1 cm³/mol. The van der Waals surface area contributed by atoms with Crippen molar-refractivity contribution in [1.29, 1.82) is 0 Å². The van der Waals surface area contributed by atoms with Crippen LogP contribution in [-0.4, -0.2) is 29.2 Å². The third-order valence-corrected chi connectivity index (χ3v) is 3.11. The Morgan fingerprint density at radius 1 is 1.64 bits per heavy atom. The van der Waals surface area contributed by atoms with Crippen LogP contribution in [0.3, 0.4) is 0 Å². The topological polar surface area (TPSA) is 20.3 Å². The van der Waals surface area contributed by atoms with Gasteiger partial charge in [-0.25, -0.2) is 0 Å². The largest absolute Gasteiger partial charge is 0.342 e. The second kappa shape index (κ2) is 6.19. The first-order valence-corrected chi connectivity index (χ1v) is 6.69. The molecule has 0 fully saturated rings. The van der Waals surface area contributed by atoms with Gasteiger partial charge in [0.1, 0.15) is 0 Å². The molecule has 4 heteroatoms. The number of hydrogen-bond donors (Lipinski definition) is 0. The monoisotopic (exact) mass is 275 g/mol. The zero-order chi connectivity index (χ0) is 10.4. The lowest BCUT2D eigenvalue weighted by molar-refractivity contribution is -0.130. The van der Waals surface area contributed by atoms with Crippen LogP contribution in [0.1, 0.15) is 12.5 Å². The Morgan fingerprint density at radius 3 is 2.93 bits per heavy atom. The number of carbonyl (C=O) groups is 1. The second-order valence-electron chi connectivity index (χ2n) is 2.97. The first-order valence-electron chi connectivity index (χ1n) is 4.62. The molecule has 78 valence electrons. The van der Waals surface area contributed by atoms with Crippen molar-refractivity contribution in [2.24, 2.45) is 0 Å². The van der Waals surface area contributed by atoms with Crippen LogP contribution in [0.5, 0.6) is 0 Å². The highest BCUT2D eigenvalue weighted by atomic mass is 79.9. The van der Waals surface area contributed by atoms with Crippen molar-refractivity contribution in [2.75, 3.05) is 18.4 Å². The Labute approximate surface area is 97.1 Å². The van der Waals surface area contributed by atoms with E-state index >= 15 is 0 Å². The van der Waals surface area contributed by atoms with Gasteiger partial charge in [-0.2, -0.15) is 11.3 Å². The van der Waals surface area contributed by atoms with E-state index in [1.54, 1.807) is 11.3 Å². The molecule has 1 rings (SSSR count). The molecule has 0 radical (unpaired) electrons. The van der Waals surface area contributed by atoms with E-state index in [1.165, 1.54) is 0 Å². The average molecular weight is 276 g/mol. The summed E-state index contributed by atoms with van der Waals surface area (Å²) in [6.45, 7) is 3.59. The summed E-state index contributed by atoms with van der Waals surface area (Å²) in [5.74, 6) is 0.213. The van der Waals surface area contributed by atoms with Crippen LogP contribution in [0.2, 0.25) is 0 Å². The normalized spacial score (nSPS) is 10.1. The fourth-order valence-electron chi connectivity index (χ4n) is 1.24. The maximum atomic E-state index is 11.7. The number of rotatable bonds is 5. The molecule has 1 aromatic heterocycles. The van der Waals surface area contributed by atoms with Crippen LogP contribution in [0, 0.1) is 0 Å². The molecule has 0 unspecified atom stereocenters. The first kappa shape index (κ1) is 11.7. The summed E-state index contributed by atoms with van der Waals surface area (Å²) in [6.07, 6.45) is 0.532. The fraction of sp³-hybridized carbons (Fsp3) is 0.500. The van der Waals surface area contributed by atoms with E-state index in [0.29, 0.717) is 6.42 Å². The highest BCUT2D eigenvalue weighted by Gasteiger charge is 2.11. The third-order valence-electron chi connectivity index (χ3n) is 2.02. The highest BCUT2D eigenvalue weighted by molar-refractivity contribution is 9.09. The van der Waals surface area contributed by atoms with Gasteiger partial charge in [-0.3, -0.25) is 4.79 Å². The van der Waals surface area contributed by atoms with Crippen LogP contribution < -0.4 is 0 Å². The van der Waals surface area contributed by atoms with Gasteiger partial charge in [0.15, 0.2) is 0 Å². The molecule has 0 N–H and O–H groups in total.